The van der Waals surface area contributed by atoms with Gasteiger partial charge in [-0.15, -0.1) is 0 Å². The molecule has 0 spiro atoms. The van der Waals surface area contributed by atoms with E-state index in [1.807, 2.05) is 12.1 Å². The first-order chi connectivity index (χ1) is 19.2. The van der Waals surface area contributed by atoms with E-state index in [4.69, 9.17) is 15.2 Å². The Balaban J connectivity index is 1.51. The van der Waals surface area contributed by atoms with Crippen LogP contribution in [0.3, 0.4) is 0 Å². The molecule has 2 N–H and O–H groups in total. The van der Waals surface area contributed by atoms with Crippen LogP contribution in [0.25, 0.3) is 43.1 Å². The van der Waals surface area contributed by atoms with Crippen LogP contribution in [0.2, 0.25) is 0 Å². The normalized spacial score (nSPS) is 11.5. The van der Waals surface area contributed by atoms with Crippen LogP contribution in [0.15, 0.2) is 127 Å². The number of hydrogen-bond donors (Lipinski definition) is 1. The van der Waals surface area contributed by atoms with E-state index < -0.39 is 0 Å². The van der Waals surface area contributed by atoms with Crippen LogP contribution in [0, 0.1) is 0 Å². The van der Waals surface area contributed by atoms with Crippen molar-refractivity contribution in [3.8, 4) is 11.5 Å². The Kier molecular flexibility index (Phi) is 5.56. The number of anilines is 1. The summed E-state index contributed by atoms with van der Waals surface area (Å²) in [5.41, 5.74) is 9.02. The van der Waals surface area contributed by atoms with E-state index in [9.17, 15) is 0 Å². The summed E-state index contributed by atoms with van der Waals surface area (Å²) in [6.07, 6.45) is -0.383. The molecule has 188 valence electrons. The second kappa shape index (κ2) is 9.38. The molecule has 3 nitrogen and oxygen atoms in total. The highest BCUT2D eigenvalue weighted by molar-refractivity contribution is 6.10. The molecule has 0 aliphatic carbocycles. The van der Waals surface area contributed by atoms with Gasteiger partial charge in [-0.3, -0.25) is 0 Å². The number of ether oxygens (including phenoxy) is 2. The van der Waals surface area contributed by atoms with Crippen molar-refractivity contribution < 1.29 is 9.47 Å². The zero-order chi connectivity index (χ0) is 26.3. The Morgan fingerprint density at radius 3 is 1.56 bits per heavy atom. The molecule has 39 heavy (non-hydrogen) atoms. The molecule has 3 heteroatoms. The number of nitrogen functional groups attached to an aromatic ring is 1. The van der Waals surface area contributed by atoms with Crippen LogP contribution in [0.5, 0.6) is 11.5 Å². The Bertz CT molecular complexity index is 1890. The van der Waals surface area contributed by atoms with Crippen molar-refractivity contribution in [1.82, 2.24) is 0 Å². The second-order valence-electron chi connectivity index (χ2n) is 9.90. The highest BCUT2D eigenvalue weighted by Crippen LogP contribution is 2.40. The third kappa shape index (κ3) is 4.00. The highest BCUT2D eigenvalue weighted by Gasteiger charge is 2.22. The first-order valence-corrected chi connectivity index (χ1v) is 13.1. The number of fused-ring (bicyclic) bond motifs is 6. The van der Waals surface area contributed by atoms with Gasteiger partial charge in [-0.2, -0.15) is 0 Å². The van der Waals surface area contributed by atoms with Gasteiger partial charge in [0.1, 0.15) is 11.5 Å². The highest BCUT2D eigenvalue weighted by atomic mass is 16.5. The van der Waals surface area contributed by atoms with Gasteiger partial charge in [-0.05, 0) is 43.1 Å². The standard InChI is InChI=1S/C36H27NO2/c1-38-26-20-25(37)21-27(22-26)39-36(34-14-6-12-30-28-10-4-2-8-23(28)16-18-32(30)34)35-15-7-13-31-29-11-5-3-9-24(29)17-19-33(31)35/h2-22,36H,37H2,1H3. The minimum Gasteiger partial charge on any atom is -0.497 e. The molecule has 0 atom stereocenters. The smallest absolute Gasteiger partial charge is 0.150 e. The molecule has 0 bridgehead atoms. The summed E-state index contributed by atoms with van der Waals surface area (Å²) < 4.78 is 12.4. The summed E-state index contributed by atoms with van der Waals surface area (Å²) in [5.74, 6) is 1.32. The van der Waals surface area contributed by atoms with Crippen molar-refractivity contribution in [1.29, 1.82) is 0 Å². The van der Waals surface area contributed by atoms with E-state index in [-0.39, 0.29) is 6.10 Å². The van der Waals surface area contributed by atoms with E-state index in [1.165, 1.54) is 32.3 Å². The molecular weight excluding hydrogens is 478 g/mol. The molecule has 0 aromatic heterocycles. The van der Waals surface area contributed by atoms with Crippen LogP contribution in [-0.4, -0.2) is 7.11 Å². The predicted molar refractivity (Wildman–Crippen MR) is 163 cm³/mol. The van der Waals surface area contributed by atoms with Crippen molar-refractivity contribution in [2.24, 2.45) is 0 Å². The zero-order valence-electron chi connectivity index (χ0n) is 21.6. The predicted octanol–water partition coefficient (Wildman–Crippen LogP) is 9.06. The Hall–Kier alpha value is -5.02. The SMILES string of the molecule is COc1cc(N)cc(OC(c2cccc3c2ccc2ccccc23)c2cccc3c2ccc2ccccc23)c1. The molecule has 7 aromatic carbocycles. The Labute approximate surface area is 227 Å². The molecule has 0 aliphatic heterocycles. The van der Waals surface area contributed by atoms with Gasteiger partial charge < -0.3 is 15.2 Å². The molecule has 0 fully saturated rings. The molecule has 7 aromatic rings. The number of benzene rings is 7. The van der Waals surface area contributed by atoms with E-state index in [1.54, 1.807) is 13.2 Å². The number of hydrogen-bond acceptors (Lipinski definition) is 3. The van der Waals surface area contributed by atoms with E-state index in [0.29, 0.717) is 17.2 Å². The molecule has 0 heterocycles. The minimum atomic E-state index is -0.383. The summed E-state index contributed by atoms with van der Waals surface area (Å²) in [5, 5.41) is 9.62. The Morgan fingerprint density at radius 2 is 1.00 bits per heavy atom. The lowest BCUT2D eigenvalue weighted by Gasteiger charge is -2.24. The molecule has 0 amide bonds. The summed E-state index contributed by atoms with van der Waals surface area (Å²) in [7, 11) is 1.64. The molecule has 0 saturated heterocycles. The van der Waals surface area contributed by atoms with Crippen LogP contribution in [0.1, 0.15) is 17.2 Å². The first kappa shape index (κ1) is 23.1. The average Bonchev–Trinajstić information content (AvgIpc) is 2.99. The Morgan fingerprint density at radius 1 is 0.487 bits per heavy atom. The third-order valence-corrected chi connectivity index (χ3v) is 7.60. The summed E-state index contributed by atoms with van der Waals surface area (Å²) in [4.78, 5) is 0. The fourth-order valence-electron chi connectivity index (χ4n) is 5.80. The van der Waals surface area contributed by atoms with Gasteiger partial charge in [0.25, 0.3) is 0 Å². The molecule has 0 radical (unpaired) electrons. The summed E-state index contributed by atoms with van der Waals surface area (Å²) >= 11 is 0. The molecule has 0 aliphatic rings. The molecule has 7 rings (SSSR count). The third-order valence-electron chi connectivity index (χ3n) is 7.60. The van der Waals surface area contributed by atoms with Gasteiger partial charge in [0, 0.05) is 35.0 Å². The van der Waals surface area contributed by atoms with Crippen LogP contribution in [-0.2, 0) is 0 Å². The van der Waals surface area contributed by atoms with Gasteiger partial charge in [0.05, 0.1) is 7.11 Å². The van der Waals surface area contributed by atoms with Gasteiger partial charge in [0.15, 0.2) is 6.10 Å². The second-order valence-corrected chi connectivity index (χ2v) is 9.90. The number of nitrogens with two attached hydrogens (primary N) is 1. The van der Waals surface area contributed by atoms with E-state index >= 15 is 0 Å². The van der Waals surface area contributed by atoms with Gasteiger partial charge >= 0.3 is 0 Å². The van der Waals surface area contributed by atoms with Crippen molar-refractivity contribution >= 4 is 48.8 Å². The van der Waals surface area contributed by atoms with Crippen molar-refractivity contribution in [2.45, 2.75) is 6.10 Å². The van der Waals surface area contributed by atoms with Crippen LogP contribution in [0.4, 0.5) is 5.69 Å². The fourth-order valence-corrected chi connectivity index (χ4v) is 5.80. The van der Waals surface area contributed by atoms with Crippen molar-refractivity contribution in [3.63, 3.8) is 0 Å². The zero-order valence-corrected chi connectivity index (χ0v) is 21.6. The number of rotatable bonds is 5. The summed E-state index contributed by atoms with van der Waals surface area (Å²) in [6.45, 7) is 0. The number of methoxy groups -OCH3 is 1. The average molecular weight is 506 g/mol. The minimum absolute atomic E-state index is 0.383. The first-order valence-electron chi connectivity index (χ1n) is 13.1. The van der Waals surface area contributed by atoms with E-state index in [0.717, 1.165) is 21.9 Å². The van der Waals surface area contributed by atoms with E-state index in [2.05, 4.69) is 109 Å². The van der Waals surface area contributed by atoms with Crippen LogP contribution >= 0.6 is 0 Å². The lowest BCUT2D eigenvalue weighted by atomic mass is 9.89. The lowest BCUT2D eigenvalue weighted by molar-refractivity contribution is 0.249. The van der Waals surface area contributed by atoms with Crippen LogP contribution < -0.4 is 15.2 Å². The van der Waals surface area contributed by atoms with Gasteiger partial charge in [0.2, 0.25) is 0 Å². The summed E-state index contributed by atoms with van der Waals surface area (Å²) in [6, 6.07) is 44.4. The molecular formula is C36H27NO2. The topological polar surface area (TPSA) is 44.5 Å². The van der Waals surface area contributed by atoms with Crippen molar-refractivity contribution in [2.75, 3.05) is 12.8 Å². The fraction of sp³-hybridized carbons (Fsp3) is 0.0556. The van der Waals surface area contributed by atoms with Gasteiger partial charge in [-0.1, -0.05) is 109 Å². The quantitative estimate of drug-likeness (QED) is 0.187. The maximum atomic E-state index is 6.89. The molecule has 0 unspecified atom stereocenters. The maximum Gasteiger partial charge on any atom is 0.150 e. The molecule has 0 saturated carbocycles. The van der Waals surface area contributed by atoms with Crippen molar-refractivity contribution in [3.05, 3.63) is 139 Å². The largest absolute Gasteiger partial charge is 0.497 e. The van der Waals surface area contributed by atoms with Gasteiger partial charge in [-0.25, -0.2) is 0 Å². The lowest BCUT2D eigenvalue weighted by Crippen LogP contribution is -2.11. The maximum absolute atomic E-state index is 6.89. The monoisotopic (exact) mass is 505 g/mol.